The number of nitrogens with zero attached hydrogens (tertiary/aromatic N) is 5. The van der Waals surface area contributed by atoms with Crippen molar-refractivity contribution in [2.75, 3.05) is 6.54 Å². The monoisotopic (exact) mass is 345 g/mol. The number of fused-ring (bicyclic) bond motifs is 4. The fraction of sp³-hybridized carbons (Fsp3) is 0.333. The summed E-state index contributed by atoms with van der Waals surface area (Å²) in [5.41, 5.74) is 2.08. The lowest BCUT2D eigenvalue weighted by Gasteiger charge is -2.26. The Balaban J connectivity index is 1.82. The van der Waals surface area contributed by atoms with E-state index in [0.29, 0.717) is 15.6 Å². The van der Waals surface area contributed by atoms with Gasteiger partial charge in [0.05, 0.1) is 22.6 Å². The van der Waals surface area contributed by atoms with Crippen molar-refractivity contribution in [2.24, 2.45) is 0 Å². The molecular weight excluding hydrogens is 338 g/mol. The maximum atomic E-state index is 12.4. The van der Waals surface area contributed by atoms with Crippen molar-refractivity contribution in [3.05, 3.63) is 28.3 Å². The molecule has 2 aromatic rings. The van der Waals surface area contributed by atoms with Crippen molar-refractivity contribution in [3.63, 3.8) is 0 Å². The third kappa shape index (κ3) is 1.90. The largest absolute Gasteiger partial charge is 0.418 e. The normalized spacial score (nSPS) is 24.0. The molecule has 11 nitrogen and oxygen atoms in total. The van der Waals surface area contributed by atoms with Crippen LogP contribution in [0.2, 0.25) is 0 Å². The van der Waals surface area contributed by atoms with Crippen molar-refractivity contribution in [1.82, 2.24) is 25.1 Å². The minimum Gasteiger partial charge on any atom is -0.337 e. The quantitative estimate of drug-likeness (QED) is 0.769. The van der Waals surface area contributed by atoms with E-state index in [1.165, 1.54) is 22.6 Å². The van der Waals surface area contributed by atoms with Gasteiger partial charge in [0.15, 0.2) is 12.4 Å². The summed E-state index contributed by atoms with van der Waals surface area (Å²) in [7, 11) is -4.82. The Morgan fingerprint density at radius 2 is 2.27 bits per heavy atom. The molecule has 0 aromatic carbocycles. The fourth-order valence-corrected chi connectivity index (χ4v) is 3.87. The molecule has 4 rings (SSSR count). The van der Waals surface area contributed by atoms with Gasteiger partial charge in [-0.1, -0.05) is 5.16 Å². The van der Waals surface area contributed by atoms with Crippen molar-refractivity contribution < 1.29 is 26.6 Å². The van der Waals surface area contributed by atoms with Crippen LogP contribution in [0.3, 0.4) is 0 Å². The summed E-state index contributed by atoms with van der Waals surface area (Å²) in [5.74, 6) is 0.160. The van der Waals surface area contributed by atoms with Gasteiger partial charge in [-0.25, -0.2) is 9.78 Å². The number of hydroxylamine groups is 2. The highest BCUT2D eigenvalue weighted by Crippen LogP contribution is 2.47. The minimum atomic E-state index is -4.82. The number of hydrogen-bond acceptors (Lipinski definition) is 9. The van der Waals surface area contributed by atoms with Crippen LogP contribution in [0.15, 0.2) is 16.4 Å². The predicted molar refractivity (Wildman–Crippen MR) is 67.6 cm³/mol. The first-order valence-electron chi connectivity index (χ1n) is 5.92. The van der Waals surface area contributed by atoms with Crippen LogP contribution in [0, 0.1) is 0 Å². The molecule has 2 aliphatic heterocycles. The molecule has 116 valence electrons. The summed E-state index contributed by atoms with van der Waals surface area (Å²) in [5, 5.41) is 4.13. The topological polar surface area (TPSA) is 139 Å². The number of rotatable bonds is 3. The summed E-state index contributed by atoms with van der Waals surface area (Å²) in [6.07, 6.45) is 1.19. The Labute approximate surface area is 127 Å². The van der Waals surface area contributed by atoms with E-state index in [0.717, 1.165) is 0 Å². The number of thiazole rings is 1. The van der Waals surface area contributed by atoms with E-state index >= 15 is 0 Å². The van der Waals surface area contributed by atoms with E-state index in [4.69, 9.17) is 9.08 Å². The molecule has 2 bridgehead atoms. The highest BCUT2D eigenvalue weighted by atomic mass is 32.3. The number of hydrogen-bond donors (Lipinski definition) is 1. The van der Waals surface area contributed by atoms with E-state index in [2.05, 4.69) is 19.4 Å². The molecule has 2 atom stereocenters. The zero-order valence-electron chi connectivity index (χ0n) is 10.6. The summed E-state index contributed by atoms with van der Waals surface area (Å²) < 4.78 is 40.2. The molecule has 22 heavy (non-hydrogen) atoms. The molecule has 2 amide bonds. The highest BCUT2D eigenvalue weighted by molar-refractivity contribution is 7.80. The molecular formula is C9H7N5O6S2. The smallest absolute Gasteiger partial charge is 0.337 e. The van der Waals surface area contributed by atoms with Gasteiger partial charge in [-0.3, -0.25) is 4.55 Å². The molecule has 0 saturated carbocycles. The molecule has 2 unspecified atom stereocenters. The molecule has 1 saturated heterocycles. The van der Waals surface area contributed by atoms with E-state index < -0.39 is 28.5 Å². The third-order valence-electron chi connectivity index (χ3n) is 3.37. The Bertz CT molecular complexity index is 833. The van der Waals surface area contributed by atoms with Crippen LogP contribution in [0.1, 0.15) is 28.5 Å². The van der Waals surface area contributed by atoms with Crippen molar-refractivity contribution in [2.45, 2.75) is 12.1 Å². The first-order chi connectivity index (χ1) is 10.5. The lowest BCUT2D eigenvalue weighted by molar-refractivity contribution is -0.0308. The van der Waals surface area contributed by atoms with Crippen LogP contribution in [0.4, 0.5) is 4.79 Å². The highest BCUT2D eigenvalue weighted by Gasteiger charge is 2.53. The lowest BCUT2D eigenvalue weighted by atomic mass is 10.0. The second kappa shape index (κ2) is 4.45. The van der Waals surface area contributed by atoms with Gasteiger partial charge < -0.3 is 9.42 Å². The summed E-state index contributed by atoms with van der Waals surface area (Å²) in [6, 6.07) is -2.14. The van der Waals surface area contributed by atoms with Crippen LogP contribution >= 0.6 is 11.3 Å². The predicted octanol–water partition coefficient (Wildman–Crippen LogP) is 0.142. The van der Waals surface area contributed by atoms with Gasteiger partial charge in [0.25, 0.3) is 5.89 Å². The third-order valence-corrected chi connectivity index (χ3v) is 4.67. The number of carbonyl (C=O) groups excluding carboxylic acids is 1. The molecule has 1 N–H and O–H groups in total. The fourth-order valence-electron chi connectivity index (χ4n) is 2.61. The molecule has 1 fully saturated rings. The van der Waals surface area contributed by atoms with Gasteiger partial charge in [0, 0.05) is 0 Å². The SMILES string of the molecule is O=C1N2CC(c3scnc3C2c2ncno2)N1OS(=O)(=O)O. The van der Waals surface area contributed by atoms with Crippen LogP contribution in [-0.2, 0) is 14.7 Å². The Hall–Kier alpha value is -2.09. The molecule has 0 aliphatic carbocycles. The molecule has 0 spiro atoms. The zero-order chi connectivity index (χ0) is 15.5. The lowest BCUT2D eigenvalue weighted by Crippen LogP contribution is -2.35. The minimum absolute atomic E-state index is 0.149. The first-order valence-corrected chi connectivity index (χ1v) is 8.17. The van der Waals surface area contributed by atoms with Crippen molar-refractivity contribution >= 4 is 27.8 Å². The van der Waals surface area contributed by atoms with E-state index in [1.54, 1.807) is 5.51 Å². The second-order valence-electron chi connectivity index (χ2n) is 4.56. The van der Waals surface area contributed by atoms with E-state index in [-0.39, 0.29) is 12.4 Å². The maximum absolute atomic E-state index is 12.4. The number of carbonyl (C=O) groups is 1. The number of amides is 2. The molecule has 13 heteroatoms. The Morgan fingerprint density at radius 3 is 2.95 bits per heavy atom. The van der Waals surface area contributed by atoms with E-state index in [1.807, 2.05) is 0 Å². The molecule has 2 aliphatic rings. The van der Waals surface area contributed by atoms with Crippen molar-refractivity contribution in [3.8, 4) is 0 Å². The first kappa shape index (κ1) is 13.6. The van der Waals surface area contributed by atoms with Gasteiger partial charge in [-0.15, -0.1) is 15.6 Å². The van der Waals surface area contributed by atoms with Gasteiger partial charge >= 0.3 is 16.4 Å². The number of urea groups is 1. The molecule has 4 heterocycles. The summed E-state index contributed by atoms with van der Waals surface area (Å²) >= 11 is 1.24. The van der Waals surface area contributed by atoms with E-state index in [9.17, 15) is 13.2 Å². The molecule has 0 radical (unpaired) electrons. The Morgan fingerprint density at radius 1 is 1.45 bits per heavy atom. The Kier molecular flexibility index (Phi) is 2.75. The van der Waals surface area contributed by atoms with Gasteiger partial charge in [-0.05, 0) is 0 Å². The average molecular weight is 345 g/mol. The number of aromatic nitrogens is 3. The van der Waals surface area contributed by atoms with Gasteiger partial charge in [0.1, 0.15) is 6.04 Å². The standard InChI is InChI=1S/C9H7N5O6S2/c15-9-13-1-4(14(9)20-22(16,17)18)7-5(11-3-21-7)6(13)8-10-2-12-19-8/h2-4,6H,1H2,(H,16,17,18). The maximum Gasteiger partial charge on any atom is 0.418 e. The van der Waals surface area contributed by atoms with Crippen LogP contribution in [0.5, 0.6) is 0 Å². The van der Waals surface area contributed by atoms with Crippen LogP contribution in [0.25, 0.3) is 0 Å². The zero-order valence-corrected chi connectivity index (χ0v) is 12.2. The molecule has 2 aromatic heterocycles. The van der Waals surface area contributed by atoms with Crippen molar-refractivity contribution in [1.29, 1.82) is 0 Å². The summed E-state index contributed by atoms with van der Waals surface area (Å²) in [4.78, 5) is 22.4. The van der Waals surface area contributed by atoms with Gasteiger partial charge in [0.2, 0.25) is 0 Å². The second-order valence-corrected chi connectivity index (χ2v) is 6.45. The summed E-state index contributed by atoms with van der Waals surface area (Å²) in [6.45, 7) is 0.149. The average Bonchev–Trinajstić information content (AvgIpc) is 3.15. The van der Waals surface area contributed by atoms with Gasteiger partial charge in [-0.2, -0.15) is 18.5 Å². The van der Waals surface area contributed by atoms with Crippen LogP contribution < -0.4 is 0 Å². The van der Waals surface area contributed by atoms with Crippen LogP contribution in [-0.4, -0.2) is 50.6 Å².